The van der Waals surface area contributed by atoms with Crippen molar-refractivity contribution >= 4 is 11.6 Å². The second kappa shape index (κ2) is 5.98. The van der Waals surface area contributed by atoms with Crippen molar-refractivity contribution in [2.24, 2.45) is 7.05 Å². The van der Waals surface area contributed by atoms with Crippen LogP contribution in [-0.2, 0) is 7.05 Å². The van der Waals surface area contributed by atoms with Crippen LogP contribution in [0.1, 0.15) is 30.8 Å². The highest BCUT2D eigenvalue weighted by Crippen LogP contribution is 2.19. The van der Waals surface area contributed by atoms with E-state index in [1.165, 1.54) is 0 Å². The minimum atomic E-state index is 0.0171. The molecule has 0 aliphatic rings. The Morgan fingerprint density at radius 2 is 2.17 bits per heavy atom. The third-order valence-electron chi connectivity index (χ3n) is 2.67. The van der Waals surface area contributed by atoms with Gasteiger partial charge in [-0.1, -0.05) is 18.5 Å². The van der Waals surface area contributed by atoms with E-state index in [0.29, 0.717) is 5.02 Å². The zero-order chi connectivity index (χ0) is 13.0. The zero-order valence-electron chi connectivity index (χ0n) is 10.6. The first-order valence-corrected chi connectivity index (χ1v) is 6.43. The lowest BCUT2D eigenvalue weighted by molar-refractivity contribution is 0.564. The summed E-state index contributed by atoms with van der Waals surface area (Å²) in [5.74, 6) is 0. The van der Waals surface area contributed by atoms with Crippen LogP contribution in [-0.4, -0.2) is 21.3 Å². The first kappa shape index (κ1) is 13.1. The van der Waals surface area contributed by atoms with Crippen LogP contribution in [0.25, 0.3) is 0 Å². The van der Waals surface area contributed by atoms with Crippen LogP contribution in [0, 0.1) is 0 Å². The third kappa shape index (κ3) is 3.09. The molecule has 0 aliphatic heterocycles. The van der Waals surface area contributed by atoms with Crippen molar-refractivity contribution in [3.63, 3.8) is 0 Å². The smallest absolute Gasteiger partial charge is 0.0943 e. The summed E-state index contributed by atoms with van der Waals surface area (Å²) >= 11 is 5.87. The molecule has 0 bridgehead atoms. The van der Waals surface area contributed by atoms with Crippen LogP contribution in [0.15, 0.2) is 30.6 Å². The van der Waals surface area contributed by atoms with Gasteiger partial charge in [0.1, 0.15) is 0 Å². The minimum absolute atomic E-state index is 0.0171. The van der Waals surface area contributed by atoms with Crippen LogP contribution in [0.2, 0.25) is 5.02 Å². The first-order valence-electron chi connectivity index (χ1n) is 6.05. The molecule has 2 aromatic rings. The number of pyridine rings is 1. The van der Waals surface area contributed by atoms with Gasteiger partial charge >= 0.3 is 0 Å². The van der Waals surface area contributed by atoms with Gasteiger partial charge in [-0.2, -0.15) is 5.10 Å². The predicted molar refractivity (Wildman–Crippen MR) is 72.6 cm³/mol. The van der Waals surface area contributed by atoms with Gasteiger partial charge in [0.2, 0.25) is 0 Å². The SMILES string of the molecule is CCCNC(c1ccc(Cl)cn1)c1ccn(C)n1. The van der Waals surface area contributed by atoms with E-state index in [1.807, 2.05) is 31.4 Å². The number of hydrogen-bond donors (Lipinski definition) is 1. The summed E-state index contributed by atoms with van der Waals surface area (Å²) in [6.07, 6.45) is 4.67. The summed E-state index contributed by atoms with van der Waals surface area (Å²) < 4.78 is 1.80. The molecule has 1 atom stereocenters. The lowest BCUT2D eigenvalue weighted by atomic mass is 10.1. The van der Waals surface area contributed by atoms with E-state index in [9.17, 15) is 0 Å². The predicted octanol–water partition coefficient (Wildman–Crippen LogP) is 2.56. The molecule has 18 heavy (non-hydrogen) atoms. The van der Waals surface area contributed by atoms with Crippen molar-refractivity contribution in [2.75, 3.05) is 6.54 Å². The fraction of sp³-hybridized carbons (Fsp3) is 0.385. The standard InChI is InChI=1S/C13H17ClN4/c1-3-7-15-13(12-6-8-18(2)17-12)11-5-4-10(14)9-16-11/h4-6,8-9,13,15H,3,7H2,1-2H3. The number of nitrogens with one attached hydrogen (secondary N) is 1. The Labute approximate surface area is 112 Å². The monoisotopic (exact) mass is 264 g/mol. The van der Waals surface area contributed by atoms with Crippen LogP contribution < -0.4 is 5.32 Å². The summed E-state index contributed by atoms with van der Waals surface area (Å²) in [6, 6.07) is 5.81. The van der Waals surface area contributed by atoms with E-state index in [4.69, 9.17) is 11.6 Å². The Bertz CT molecular complexity index is 492. The maximum Gasteiger partial charge on any atom is 0.0943 e. The topological polar surface area (TPSA) is 42.7 Å². The number of hydrogen-bond acceptors (Lipinski definition) is 3. The molecule has 2 rings (SSSR count). The van der Waals surface area contributed by atoms with Gasteiger partial charge in [-0.25, -0.2) is 0 Å². The highest BCUT2D eigenvalue weighted by Gasteiger charge is 2.16. The minimum Gasteiger partial charge on any atom is -0.304 e. The van der Waals surface area contributed by atoms with E-state index < -0.39 is 0 Å². The molecular weight excluding hydrogens is 248 g/mol. The van der Waals surface area contributed by atoms with Crippen molar-refractivity contribution in [1.29, 1.82) is 0 Å². The van der Waals surface area contributed by atoms with Gasteiger partial charge < -0.3 is 5.32 Å². The molecule has 2 heterocycles. The summed E-state index contributed by atoms with van der Waals surface area (Å²) in [4.78, 5) is 4.37. The molecule has 0 amide bonds. The first-order chi connectivity index (χ1) is 8.70. The van der Waals surface area contributed by atoms with Crippen LogP contribution >= 0.6 is 11.6 Å². The fourth-order valence-electron chi connectivity index (χ4n) is 1.79. The largest absolute Gasteiger partial charge is 0.304 e. The Morgan fingerprint density at radius 3 is 2.72 bits per heavy atom. The Morgan fingerprint density at radius 1 is 1.33 bits per heavy atom. The van der Waals surface area contributed by atoms with Gasteiger partial charge in [0.15, 0.2) is 0 Å². The molecule has 0 aromatic carbocycles. The molecule has 2 aromatic heterocycles. The molecule has 0 aliphatic carbocycles. The van der Waals surface area contributed by atoms with Gasteiger partial charge in [0.25, 0.3) is 0 Å². The molecule has 4 nitrogen and oxygen atoms in total. The maximum absolute atomic E-state index is 5.87. The second-order valence-electron chi connectivity index (χ2n) is 4.20. The van der Waals surface area contributed by atoms with E-state index in [0.717, 1.165) is 24.4 Å². The van der Waals surface area contributed by atoms with E-state index in [-0.39, 0.29) is 6.04 Å². The quantitative estimate of drug-likeness (QED) is 0.903. The Hall–Kier alpha value is -1.39. The lowest BCUT2D eigenvalue weighted by Crippen LogP contribution is -2.24. The number of halogens is 1. The molecular formula is C13H17ClN4. The molecule has 1 unspecified atom stereocenters. The summed E-state index contributed by atoms with van der Waals surface area (Å²) in [6.45, 7) is 3.06. The average molecular weight is 265 g/mol. The number of nitrogens with zero attached hydrogens (tertiary/aromatic N) is 3. The summed E-state index contributed by atoms with van der Waals surface area (Å²) in [7, 11) is 1.91. The summed E-state index contributed by atoms with van der Waals surface area (Å²) in [5, 5.41) is 8.54. The third-order valence-corrected chi connectivity index (χ3v) is 2.90. The lowest BCUT2D eigenvalue weighted by Gasteiger charge is -2.15. The molecule has 0 saturated carbocycles. The van der Waals surface area contributed by atoms with E-state index in [1.54, 1.807) is 10.9 Å². The van der Waals surface area contributed by atoms with Crippen LogP contribution in [0.5, 0.6) is 0 Å². The van der Waals surface area contributed by atoms with E-state index >= 15 is 0 Å². The molecule has 0 saturated heterocycles. The van der Waals surface area contributed by atoms with Crippen molar-refractivity contribution in [1.82, 2.24) is 20.1 Å². The Kier molecular flexibility index (Phi) is 4.33. The van der Waals surface area contributed by atoms with E-state index in [2.05, 4.69) is 22.3 Å². The zero-order valence-corrected chi connectivity index (χ0v) is 11.4. The van der Waals surface area contributed by atoms with Gasteiger partial charge in [0.05, 0.1) is 22.5 Å². The molecule has 1 N–H and O–H groups in total. The van der Waals surface area contributed by atoms with Gasteiger partial charge in [-0.05, 0) is 31.2 Å². The highest BCUT2D eigenvalue weighted by molar-refractivity contribution is 6.30. The van der Waals surface area contributed by atoms with Crippen LogP contribution in [0.4, 0.5) is 0 Å². The van der Waals surface area contributed by atoms with Gasteiger partial charge in [0, 0.05) is 19.4 Å². The molecule has 0 fully saturated rings. The second-order valence-corrected chi connectivity index (χ2v) is 4.64. The number of rotatable bonds is 5. The average Bonchev–Trinajstić information content (AvgIpc) is 2.78. The van der Waals surface area contributed by atoms with Crippen molar-refractivity contribution in [3.8, 4) is 0 Å². The molecule has 5 heteroatoms. The summed E-state index contributed by atoms with van der Waals surface area (Å²) in [5.41, 5.74) is 1.91. The normalized spacial score (nSPS) is 12.6. The van der Waals surface area contributed by atoms with Crippen molar-refractivity contribution < 1.29 is 0 Å². The van der Waals surface area contributed by atoms with Crippen LogP contribution in [0.3, 0.4) is 0 Å². The maximum atomic E-state index is 5.87. The molecule has 96 valence electrons. The van der Waals surface area contributed by atoms with Crippen molar-refractivity contribution in [3.05, 3.63) is 47.0 Å². The highest BCUT2D eigenvalue weighted by atomic mass is 35.5. The van der Waals surface area contributed by atoms with Gasteiger partial charge in [-0.15, -0.1) is 0 Å². The molecule has 0 spiro atoms. The Balaban J connectivity index is 2.27. The van der Waals surface area contributed by atoms with Gasteiger partial charge in [-0.3, -0.25) is 9.67 Å². The van der Waals surface area contributed by atoms with Crippen molar-refractivity contribution in [2.45, 2.75) is 19.4 Å². The fourth-order valence-corrected chi connectivity index (χ4v) is 1.91. The molecule has 0 radical (unpaired) electrons. The number of aryl methyl sites for hydroxylation is 1. The number of aromatic nitrogens is 3.